The molecule has 3 N–H and O–H groups in total. The maximum Gasteiger partial charge on any atom is 0.185 e. The van der Waals surface area contributed by atoms with E-state index >= 15 is 0 Å². The molecular weight excluding hydrogens is 230 g/mol. The average Bonchev–Trinajstić information content (AvgIpc) is 2.25. The van der Waals surface area contributed by atoms with E-state index in [-0.39, 0.29) is 0 Å². The summed E-state index contributed by atoms with van der Waals surface area (Å²) in [5, 5.41) is 4.05. The van der Waals surface area contributed by atoms with E-state index in [2.05, 4.69) is 22.7 Å². The first kappa shape index (κ1) is 11.8. The van der Waals surface area contributed by atoms with Gasteiger partial charge >= 0.3 is 0 Å². The van der Waals surface area contributed by atoms with Crippen molar-refractivity contribution in [2.45, 2.75) is 0 Å². The van der Waals surface area contributed by atoms with E-state index in [1.165, 1.54) is 0 Å². The molecule has 1 rings (SSSR count). The Morgan fingerprint density at radius 2 is 2.20 bits per heavy atom. The predicted molar refractivity (Wildman–Crippen MR) is 69.0 cm³/mol. The fraction of sp³-hybridized carbons (Fsp3) is 0.100. The minimum absolute atomic E-state index is 0.495. The normalized spacial score (nSPS) is 9.13. The molecule has 0 fully saturated rings. The molecular formula is C10H12ClN3S. The van der Waals surface area contributed by atoms with Crippen LogP contribution in [0.5, 0.6) is 0 Å². The number of rotatable bonds is 4. The lowest BCUT2D eigenvalue weighted by Gasteiger charge is -2.12. The van der Waals surface area contributed by atoms with Crippen LogP contribution in [0.1, 0.15) is 0 Å². The van der Waals surface area contributed by atoms with Crippen molar-refractivity contribution >= 4 is 34.6 Å². The predicted octanol–water partition coefficient (Wildman–Crippen LogP) is 2.32. The molecule has 0 aliphatic rings. The van der Waals surface area contributed by atoms with E-state index < -0.39 is 0 Å². The quantitative estimate of drug-likeness (QED) is 0.430. The van der Waals surface area contributed by atoms with Crippen molar-refractivity contribution in [1.82, 2.24) is 10.7 Å². The summed E-state index contributed by atoms with van der Waals surface area (Å²) in [6, 6.07) is 7.40. The van der Waals surface area contributed by atoms with Gasteiger partial charge in [0.25, 0.3) is 0 Å². The van der Waals surface area contributed by atoms with Gasteiger partial charge in [-0.2, -0.15) is 0 Å². The smallest absolute Gasteiger partial charge is 0.185 e. The molecule has 0 heterocycles. The van der Waals surface area contributed by atoms with Crippen molar-refractivity contribution < 1.29 is 0 Å². The summed E-state index contributed by atoms with van der Waals surface area (Å²) in [5.41, 5.74) is 6.49. The summed E-state index contributed by atoms with van der Waals surface area (Å²) in [6.07, 6.45) is 1.73. The van der Waals surface area contributed by atoms with Gasteiger partial charge in [0.05, 0.1) is 10.7 Å². The Hall–Kier alpha value is -1.26. The summed E-state index contributed by atoms with van der Waals surface area (Å²) in [7, 11) is 0. The largest absolute Gasteiger partial charge is 0.358 e. The minimum atomic E-state index is 0.495. The molecule has 80 valence electrons. The first-order chi connectivity index (χ1) is 7.24. The zero-order valence-corrected chi connectivity index (χ0v) is 9.66. The fourth-order valence-electron chi connectivity index (χ4n) is 0.896. The molecule has 15 heavy (non-hydrogen) atoms. The van der Waals surface area contributed by atoms with Gasteiger partial charge in [0, 0.05) is 6.54 Å². The molecule has 1 aromatic rings. The van der Waals surface area contributed by atoms with E-state index in [4.69, 9.17) is 23.8 Å². The van der Waals surface area contributed by atoms with Crippen LogP contribution in [0.25, 0.3) is 0 Å². The Balaban J connectivity index is 2.40. The first-order valence-electron chi connectivity index (χ1n) is 4.39. The molecule has 0 aliphatic heterocycles. The molecule has 0 aromatic heterocycles. The van der Waals surface area contributed by atoms with Gasteiger partial charge in [-0.05, 0) is 24.4 Å². The Morgan fingerprint density at radius 1 is 1.47 bits per heavy atom. The summed E-state index contributed by atoms with van der Waals surface area (Å²) in [6.45, 7) is 4.19. The van der Waals surface area contributed by atoms with Gasteiger partial charge in [-0.1, -0.05) is 29.8 Å². The molecule has 0 saturated heterocycles. The van der Waals surface area contributed by atoms with Crippen molar-refractivity contribution in [3.8, 4) is 0 Å². The summed E-state index contributed by atoms with van der Waals surface area (Å²) in [4.78, 5) is 0. The second-order valence-electron chi connectivity index (χ2n) is 2.73. The monoisotopic (exact) mass is 241 g/mol. The summed E-state index contributed by atoms with van der Waals surface area (Å²) >= 11 is 10.9. The van der Waals surface area contributed by atoms with Crippen LogP contribution in [-0.2, 0) is 0 Å². The highest BCUT2D eigenvalue weighted by Crippen LogP contribution is 2.19. The molecule has 0 aliphatic carbocycles. The van der Waals surface area contributed by atoms with Crippen LogP contribution in [0, 0.1) is 0 Å². The molecule has 1 aromatic carbocycles. The highest BCUT2D eigenvalue weighted by atomic mass is 35.5. The Bertz CT molecular complexity index is 354. The van der Waals surface area contributed by atoms with E-state index in [1.54, 1.807) is 12.1 Å². The molecule has 0 atom stereocenters. The molecule has 0 spiro atoms. The lowest BCUT2D eigenvalue weighted by Crippen LogP contribution is -2.38. The van der Waals surface area contributed by atoms with Crippen LogP contribution in [-0.4, -0.2) is 11.7 Å². The second kappa shape index (κ2) is 6.27. The van der Waals surface area contributed by atoms with Gasteiger partial charge in [0.15, 0.2) is 5.11 Å². The third-order valence-electron chi connectivity index (χ3n) is 1.59. The SMILES string of the molecule is C=CCNC(=S)NNc1ccccc1Cl. The van der Waals surface area contributed by atoms with Crippen LogP contribution >= 0.6 is 23.8 Å². The van der Waals surface area contributed by atoms with Crippen molar-refractivity contribution in [2.24, 2.45) is 0 Å². The number of anilines is 1. The Morgan fingerprint density at radius 3 is 2.87 bits per heavy atom. The maximum atomic E-state index is 5.93. The van der Waals surface area contributed by atoms with Crippen molar-refractivity contribution in [1.29, 1.82) is 0 Å². The van der Waals surface area contributed by atoms with Gasteiger partial charge in [-0.3, -0.25) is 10.9 Å². The summed E-state index contributed by atoms with van der Waals surface area (Å²) in [5.74, 6) is 0. The van der Waals surface area contributed by atoms with E-state index in [1.807, 2.05) is 18.2 Å². The van der Waals surface area contributed by atoms with Gasteiger partial charge in [-0.15, -0.1) is 6.58 Å². The molecule has 0 bridgehead atoms. The molecule has 0 unspecified atom stereocenters. The molecule has 0 amide bonds. The Labute approximate surface area is 99.5 Å². The lowest BCUT2D eigenvalue weighted by atomic mass is 10.3. The number of hydrazine groups is 1. The van der Waals surface area contributed by atoms with Crippen LogP contribution in [0.3, 0.4) is 0 Å². The van der Waals surface area contributed by atoms with Crippen LogP contribution < -0.4 is 16.2 Å². The van der Waals surface area contributed by atoms with Crippen molar-refractivity contribution in [3.05, 3.63) is 41.9 Å². The number of hydrogen-bond acceptors (Lipinski definition) is 2. The lowest BCUT2D eigenvalue weighted by molar-refractivity contribution is 0.979. The molecule has 3 nitrogen and oxygen atoms in total. The van der Waals surface area contributed by atoms with Crippen LogP contribution in [0.2, 0.25) is 5.02 Å². The second-order valence-corrected chi connectivity index (χ2v) is 3.54. The number of para-hydroxylation sites is 1. The van der Waals surface area contributed by atoms with Gasteiger partial charge in [-0.25, -0.2) is 0 Å². The zero-order chi connectivity index (χ0) is 11.1. The van der Waals surface area contributed by atoms with E-state index in [9.17, 15) is 0 Å². The molecule has 0 saturated carbocycles. The molecule has 5 heteroatoms. The highest BCUT2D eigenvalue weighted by Gasteiger charge is 1.97. The topological polar surface area (TPSA) is 36.1 Å². The standard InChI is InChI=1S/C10H12ClN3S/c1-2-7-12-10(15)14-13-9-6-4-3-5-8(9)11/h2-6,13H,1,7H2,(H2,12,14,15). The van der Waals surface area contributed by atoms with Gasteiger partial charge in [0.2, 0.25) is 0 Å². The zero-order valence-electron chi connectivity index (χ0n) is 8.09. The van der Waals surface area contributed by atoms with Crippen LogP contribution in [0.4, 0.5) is 5.69 Å². The third-order valence-corrected chi connectivity index (χ3v) is 2.17. The van der Waals surface area contributed by atoms with Gasteiger partial charge < -0.3 is 5.32 Å². The maximum absolute atomic E-state index is 5.93. The van der Waals surface area contributed by atoms with E-state index in [0.717, 1.165) is 5.69 Å². The van der Waals surface area contributed by atoms with E-state index in [0.29, 0.717) is 16.7 Å². The van der Waals surface area contributed by atoms with Crippen molar-refractivity contribution in [3.63, 3.8) is 0 Å². The average molecular weight is 242 g/mol. The van der Waals surface area contributed by atoms with Crippen LogP contribution in [0.15, 0.2) is 36.9 Å². The number of halogens is 1. The first-order valence-corrected chi connectivity index (χ1v) is 5.18. The fourth-order valence-corrected chi connectivity index (χ4v) is 1.21. The number of benzene rings is 1. The third kappa shape index (κ3) is 4.18. The number of nitrogens with one attached hydrogen (secondary N) is 3. The Kier molecular flexibility index (Phi) is 4.93. The van der Waals surface area contributed by atoms with Gasteiger partial charge in [0.1, 0.15) is 0 Å². The number of hydrogen-bond donors (Lipinski definition) is 3. The number of thiocarbonyl (C=S) groups is 1. The molecule has 0 radical (unpaired) electrons. The van der Waals surface area contributed by atoms with Crippen molar-refractivity contribution in [2.75, 3.05) is 12.0 Å². The summed E-state index contributed by atoms with van der Waals surface area (Å²) < 4.78 is 0. The minimum Gasteiger partial charge on any atom is -0.358 e. The highest BCUT2D eigenvalue weighted by molar-refractivity contribution is 7.80.